The summed E-state index contributed by atoms with van der Waals surface area (Å²) in [5.41, 5.74) is 1.80. The Morgan fingerprint density at radius 2 is 1.70 bits per heavy atom. The second-order valence-corrected chi connectivity index (χ2v) is 15.6. The van der Waals surface area contributed by atoms with Gasteiger partial charge in [0.05, 0.1) is 45.8 Å². The standard InChI is InChI=1S/C42H47ClN8O5/c1-48(2)18-13-38(52)47-30-9-11-32-37(23-30)46-27-51(40(32)54)26-42(56)14-19-50(20-15-42)41(55)34-25-49(24-33(34)28-6-4-3-5-7-28)21-17-45-39(53)29-8-10-31-35(43)12-16-44-36(31)22-29/h3-12,16,22-23,27,33-34,56H,13-15,17-21,24-26H2,1-2H3,(H,45,53)(H,47,52)/t33-,34+/m0/s1. The van der Waals surface area contributed by atoms with E-state index in [9.17, 15) is 24.3 Å². The summed E-state index contributed by atoms with van der Waals surface area (Å²) in [6, 6.07) is 22.1. The third-order valence-corrected chi connectivity index (χ3v) is 11.3. The van der Waals surface area contributed by atoms with E-state index in [-0.39, 0.29) is 41.7 Å². The molecule has 3 amide bonds. The molecule has 2 atom stereocenters. The number of carbonyl (C=O) groups is 3. The molecular formula is C42H47ClN8O5. The Balaban J connectivity index is 0.956. The van der Waals surface area contributed by atoms with Crippen LogP contribution < -0.4 is 16.2 Å². The van der Waals surface area contributed by atoms with Crippen LogP contribution in [0.3, 0.4) is 0 Å². The third kappa shape index (κ3) is 8.92. The van der Waals surface area contributed by atoms with Crippen LogP contribution in [0.4, 0.5) is 5.69 Å². The SMILES string of the molecule is CN(C)CCC(=O)Nc1ccc2c(=O)n(CC3(O)CCN(C(=O)[C@@H]4CN(CCNC(=O)c5ccc6c(Cl)ccnc6c5)C[C@H]4c4ccccc4)CC3)cnc2c1. The Hall–Kier alpha value is -5.21. The van der Waals surface area contributed by atoms with Crippen molar-refractivity contribution in [3.8, 4) is 0 Å². The van der Waals surface area contributed by atoms with E-state index in [0.29, 0.717) is 97.8 Å². The van der Waals surface area contributed by atoms with E-state index < -0.39 is 5.60 Å². The Kier molecular flexibility index (Phi) is 11.8. The van der Waals surface area contributed by atoms with E-state index in [1.165, 1.54) is 10.9 Å². The lowest BCUT2D eigenvalue weighted by atomic mass is 9.86. The third-order valence-electron chi connectivity index (χ3n) is 11.0. The zero-order chi connectivity index (χ0) is 39.4. The Labute approximate surface area is 330 Å². The quantitative estimate of drug-likeness (QED) is 0.171. The highest BCUT2D eigenvalue weighted by molar-refractivity contribution is 6.35. The number of aromatic nitrogens is 3. The molecule has 0 unspecified atom stereocenters. The van der Waals surface area contributed by atoms with Crippen molar-refractivity contribution >= 4 is 56.8 Å². The molecule has 292 valence electrons. The molecule has 0 spiro atoms. The summed E-state index contributed by atoms with van der Waals surface area (Å²) < 4.78 is 1.43. The van der Waals surface area contributed by atoms with Crippen LogP contribution in [0.5, 0.6) is 0 Å². The van der Waals surface area contributed by atoms with Crippen LogP contribution in [0.1, 0.15) is 41.1 Å². The Morgan fingerprint density at radius 3 is 2.46 bits per heavy atom. The van der Waals surface area contributed by atoms with Gasteiger partial charge in [0.25, 0.3) is 11.5 Å². The van der Waals surface area contributed by atoms with Crippen molar-refractivity contribution in [3.63, 3.8) is 0 Å². The molecule has 2 aromatic heterocycles. The van der Waals surface area contributed by atoms with Gasteiger partial charge in [-0.1, -0.05) is 48.0 Å². The molecule has 4 heterocycles. The maximum Gasteiger partial charge on any atom is 0.261 e. The first-order chi connectivity index (χ1) is 27.0. The van der Waals surface area contributed by atoms with Crippen molar-refractivity contribution in [2.24, 2.45) is 5.92 Å². The van der Waals surface area contributed by atoms with Gasteiger partial charge in [0.15, 0.2) is 0 Å². The van der Waals surface area contributed by atoms with Gasteiger partial charge in [-0.05, 0) is 68.9 Å². The lowest BCUT2D eigenvalue weighted by Gasteiger charge is -2.39. The first-order valence-corrected chi connectivity index (χ1v) is 19.4. The fraction of sp³-hybridized carbons (Fsp3) is 0.381. The largest absolute Gasteiger partial charge is 0.388 e. The molecule has 56 heavy (non-hydrogen) atoms. The second-order valence-electron chi connectivity index (χ2n) is 15.2. The fourth-order valence-electron chi connectivity index (χ4n) is 7.79. The number of nitrogens with one attached hydrogen (secondary N) is 2. The summed E-state index contributed by atoms with van der Waals surface area (Å²) in [5.74, 6) is -0.586. The van der Waals surface area contributed by atoms with Gasteiger partial charge in [-0.15, -0.1) is 0 Å². The minimum Gasteiger partial charge on any atom is -0.388 e. The summed E-state index contributed by atoms with van der Waals surface area (Å²) in [4.78, 5) is 67.8. The van der Waals surface area contributed by atoms with Crippen LogP contribution in [-0.4, -0.2) is 118 Å². The topological polar surface area (TPSA) is 153 Å². The number of hydrogen-bond donors (Lipinski definition) is 3. The lowest BCUT2D eigenvalue weighted by Crippen LogP contribution is -2.51. The number of benzene rings is 3. The van der Waals surface area contributed by atoms with Crippen LogP contribution in [0.25, 0.3) is 21.8 Å². The molecule has 0 bridgehead atoms. The number of carbonyl (C=O) groups excluding carboxylic acids is 3. The number of halogens is 1. The van der Waals surface area contributed by atoms with Crippen LogP contribution in [0.15, 0.2) is 90.1 Å². The number of nitrogens with zero attached hydrogens (tertiary/aromatic N) is 6. The Bertz CT molecular complexity index is 2290. The minimum atomic E-state index is -1.19. The summed E-state index contributed by atoms with van der Waals surface area (Å²) in [6.45, 7) is 3.62. The van der Waals surface area contributed by atoms with Gasteiger partial charge < -0.3 is 30.4 Å². The molecule has 13 nitrogen and oxygen atoms in total. The van der Waals surface area contributed by atoms with E-state index >= 15 is 0 Å². The zero-order valence-electron chi connectivity index (χ0n) is 31.7. The summed E-state index contributed by atoms with van der Waals surface area (Å²) in [5, 5.41) is 19.3. The predicted octanol–water partition coefficient (Wildman–Crippen LogP) is 3.99. The monoisotopic (exact) mass is 778 g/mol. The molecule has 2 fully saturated rings. The highest BCUT2D eigenvalue weighted by atomic mass is 35.5. The van der Waals surface area contributed by atoms with Gasteiger partial charge in [0.2, 0.25) is 11.8 Å². The van der Waals surface area contributed by atoms with E-state index in [1.807, 2.05) is 42.1 Å². The summed E-state index contributed by atoms with van der Waals surface area (Å²) in [7, 11) is 3.81. The van der Waals surface area contributed by atoms with Crippen LogP contribution >= 0.6 is 11.6 Å². The van der Waals surface area contributed by atoms with Crippen molar-refractivity contribution < 1.29 is 19.5 Å². The van der Waals surface area contributed by atoms with Crippen molar-refractivity contribution in [3.05, 3.63) is 112 Å². The van der Waals surface area contributed by atoms with Crippen molar-refractivity contribution in [1.29, 1.82) is 0 Å². The number of rotatable bonds is 12. The molecular weight excluding hydrogens is 732 g/mol. The molecule has 14 heteroatoms. The van der Waals surface area contributed by atoms with Gasteiger partial charge in [-0.3, -0.25) is 28.7 Å². The maximum atomic E-state index is 14.2. The van der Waals surface area contributed by atoms with Crippen LogP contribution in [0, 0.1) is 5.92 Å². The average Bonchev–Trinajstić information content (AvgIpc) is 3.62. The number of pyridine rings is 1. The molecule has 2 aliphatic rings. The van der Waals surface area contributed by atoms with Crippen molar-refractivity contribution in [2.45, 2.75) is 37.3 Å². The first kappa shape index (κ1) is 39.0. The zero-order valence-corrected chi connectivity index (χ0v) is 32.4. The smallest absolute Gasteiger partial charge is 0.261 e. The molecule has 0 saturated carbocycles. The van der Waals surface area contributed by atoms with Crippen LogP contribution in [-0.2, 0) is 16.1 Å². The van der Waals surface area contributed by atoms with Gasteiger partial charge in [-0.2, -0.15) is 0 Å². The molecule has 7 rings (SSSR count). The first-order valence-electron chi connectivity index (χ1n) is 19.0. The molecule has 5 aromatic rings. The number of fused-ring (bicyclic) bond motifs is 2. The molecule has 0 aliphatic carbocycles. The van der Waals surface area contributed by atoms with Crippen LogP contribution in [0.2, 0.25) is 5.02 Å². The number of piperidine rings is 1. The van der Waals surface area contributed by atoms with Gasteiger partial charge >= 0.3 is 0 Å². The van der Waals surface area contributed by atoms with E-state index in [0.717, 1.165) is 10.9 Å². The maximum absolute atomic E-state index is 14.2. The van der Waals surface area contributed by atoms with E-state index in [2.05, 4.69) is 37.6 Å². The summed E-state index contributed by atoms with van der Waals surface area (Å²) in [6.07, 6.45) is 4.03. The van der Waals surface area contributed by atoms with Gasteiger partial charge in [-0.25, -0.2) is 4.98 Å². The number of anilines is 1. The van der Waals surface area contributed by atoms with Gasteiger partial charge in [0, 0.05) is 81.0 Å². The van der Waals surface area contributed by atoms with Crippen molar-refractivity contribution in [2.75, 3.05) is 65.2 Å². The highest BCUT2D eigenvalue weighted by Gasteiger charge is 2.42. The van der Waals surface area contributed by atoms with Crippen molar-refractivity contribution in [1.82, 2.24) is 34.6 Å². The summed E-state index contributed by atoms with van der Waals surface area (Å²) >= 11 is 6.27. The normalized spacial score (nSPS) is 18.4. The Morgan fingerprint density at radius 1 is 0.946 bits per heavy atom. The predicted molar refractivity (Wildman–Crippen MR) is 217 cm³/mol. The lowest BCUT2D eigenvalue weighted by molar-refractivity contribution is -0.140. The highest BCUT2D eigenvalue weighted by Crippen LogP contribution is 2.35. The second kappa shape index (κ2) is 16.9. The molecule has 0 radical (unpaired) electrons. The minimum absolute atomic E-state index is 0.0225. The number of amides is 3. The molecule has 2 aliphatic heterocycles. The van der Waals surface area contributed by atoms with Gasteiger partial charge in [0.1, 0.15) is 0 Å². The molecule has 3 aromatic carbocycles. The number of hydrogen-bond acceptors (Lipinski definition) is 9. The van der Waals surface area contributed by atoms with E-state index in [4.69, 9.17) is 11.6 Å². The fourth-order valence-corrected chi connectivity index (χ4v) is 8.01. The number of likely N-dealkylation sites (tertiary alicyclic amines) is 2. The van der Waals surface area contributed by atoms with E-state index in [1.54, 1.807) is 48.7 Å². The molecule has 2 saturated heterocycles. The number of aliphatic hydroxyl groups is 1. The average molecular weight is 779 g/mol. The molecule has 3 N–H and O–H groups in total.